The molecule has 8 heteroatoms. The number of halogens is 1. The maximum absolute atomic E-state index is 11.8. The molecule has 2 rings (SSSR count). The molecular formula is C16H23ClN2O4S. The van der Waals surface area contributed by atoms with Crippen LogP contribution in [-0.2, 0) is 9.84 Å². The highest BCUT2D eigenvalue weighted by atomic mass is 35.5. The monoisotopic (exact) mass is 374 g/mol. The van der Waals surface area contributed by atoms with E-state index in [2.05, 4.69) is 0 Å². The smallest absolute Gasteiger partial charge is 0.411 e. The predicted octanol–water partition coefficient (Wildman–Crippen LogP) is 3.11. The number of benzene rings is 1. The molecule has 24 heavy (non-hydrogen) atoms. The summed E-state index contributed by atoms with van der Waals surface area (Å²) < 4.78 is 23.1. The van der Waals surface area contributed by atoms with Crippen molar-refractivity contribution >= 4 is 38.9 Å². The van der Waals surface area contributed by atoms with Gasteiger partial charge in [-0.25, -0.2) is 13.2 Å². The zero-order valence-corrected chi connectivity index (χ0v) is 15.6. The molecule has 1 aliphatic heterocycles. The molecule has 3 N–H and O–H groups in total. The lowest BCUT2D eigenvalue weighted by Crippen LogP contribution is -2.50. The number of sulfone groups is 1. The number of carbonyl (C=O) groups is 1. The van der Waals surface area contributed by atoms with Gasteiger partial charge >= 0.3 is 6.09 Å². The minimum Gasteiger partial charge on any atom is -0.465 e. The van der Waals surface area contributed by atoms with Gasteiger partial charge in [0.25, 0.3) is 0 Å². The quantitative estimate of drug-likeness (QED) is 0.788. The van der Waals surface area contributed by atoms with Crippen LogP contribution in [0.1, 0.15) is 20.8 Å². The molecule has 0 bridgehead atoms. The van der Waals surface area contributed by atoms with Gasteiger partial charge in [0.15, 0.2) is 9.84 Å². The van der Waals surface area contributed by atoms with E-state index in [1.807, 2.05) is 20.8 Å². The number of anilines is 2. The third-order valence-corrected chi connectivity index (χ3v) is 6.62. The van der Waals surface area contributed by atoms with Crippen LogP contribution in [-0.4, -0.2) is 37.7 Å². The summed E-state index contributed by atoms with van der Waals surface area (Å²) in [6.07, 6.45) is -1.12. The first-order valence-electron chi connectivity index (χ1n) is 7.66. The van der Waals surface area contributed by atoms with Gasteiger partial charge in [-0.15, -0.1) is 0 Å². The molecule has 1 atom stereocenters. The second kappa shape index (κ2) is 6.44. The van der Waals surface area contributed by atoms with Gasteiger partial charge < -0.3 is 10.8 Å². The van der Waals surface area contributed by atoms with Crippen molar-refractivity contribution in [2.24, 2.45) is 17.3 Å². The molecule has 1 aromatic rings. The molecule has 0 saturated carbocycles. The van der Waals surface area contributed by atoms with E-state index in [1.54, 1.807) is 12.1 Å². The van der Waals surface area contributed by atoms with Gasteiger partial charge in [-0.2, -0.15) is 0 Å². The van der Waals surface area contributed by atoms with Gasteiger partial charge in [-0.1, -0.05) is 32.4 Å². The van der Waals surface area contributed by atoms with Crippen LogP contribution in [0.2, 0.25) is 5.02 Å². The lowest BCUT2D eigenvalue weighted by Gasteiger charge is -2.43. The third kappa shape index (κ3) is 4.13. The minimum absolute atomic E-state index is 0.0506. The molecule has 1 heterocycles. The summed E-state index contributed by atoms with van der Waals surface area (Å²) >= 11 is 5.88. The third-order valence-electron chi connectivity index (χ3n) is 4.51. The summed E-state index contributed by atoms with van der Waals surface area (Å²) in [6.45, 7) is 6.17. The molecule has 134 valence electrons. The van der Waals surface area contributed by atoms with E-state index < -0.39 is 15.9 Å². The molecule has 0 aliphatic carbocycles. The van der Waals surface area contributed by atoms with E-state index in [0.29, 0.717) is 10.7 Å². The lowest BCUT2D eigenvalue weighted by molar-refractivity contribution is 0.166. The molecule has 1 aromatic carbocycles. The number of rotatable bonds is 4. The number of nitrogens with zero attached hydrogens (tertiary/aromatic N) is 1. The fraction of sp³-hybridized carbons (Fsp3) is 0.562. The summed E-state index contributed by atoms with van der Waals surface area (Å²) in [5.74, 6) is 0.0642. The molecule has 1 saturated heterocycles. The normalized spacial score (nSPS) is 18.7. The van der Waals surface area contributed by atoms with Gasteiger partial charge in [-0.3, -0.25) is 4.90 Å². The van der Waals surface area contributed by atoms with E-state index >= 15 is 0 Å². The van der Waals surface area contributed by atoms with E-state index in [0.717, 1.165) is 0 Å². The second-order valence-electron chi connectivity index (χ2n) is 7.41. The highest BCUT2D eigenvalue weighted by molar-refractivity contribution is 7.92. The summed E-state index contributed by atoms with van der Waals surface area (Å²) in [7, 11) is -2.98. The number of hydrogen-bond acceptors (Lipinski definition) is 4. The van der Waals surface area contributed by atoms with Crippen molar-refractivity contribution < 1.29 is 18.3 Å². The molecule has 1 unspecified atom stereocenters. The predicted molar refractivity (Wildman–Crippen MR) is 96.3 cm³/mol. The largest absolute Gasteiger partial charge is 0.465 e. The minimum atomic E-state index is -2.98. The van der Waals surface area contributed by atoms with Crippen molar-refractivity contribution in [3.63, 3.8) is 0 Å². The molecule has 0 spiro atoms. The van der Waals surface area contributed by atoms with Crippen LogP contribution in [0.3, 0.4) is 0 Å². The van der Waals surface area contributed by atoms with E-state index in [9.17, 15) is 18.3 Å². The highest BCUT2D eigenvalue weighted by Gasteiger charge is 2.44. The number of amides is 1. The van der Waals surface area contributed by atoms with E-state index in [4.69, 9.17) is 17.3 Å². The zero-order chi connectivity index (χ0) is 18.3. The zero-order valence-electron chi connectivity index (χ0n) is 14.0. The van der Waals surface area contributed by atoms with Gasteiger partial charge in [0.2, 0.25) is 0 Å². The molecular weight excluding hydrogens is 352 g/mol. The van der Waals surface area contributed by atoms with Crippen LogP contribution in [0, 0.1) is 17.3 Å². The molecule has 1 fully saturated rings. The summed E-state index contributed by atoms with van der Waals surface area (Å²) in [4.78, 5) is 13.0. The first-order chi connectivity index (χ1) is 10.9. The average molecular weight is 375 g/mol. The molecule has 1 aliphatic rings. The molecule has 1 amide bonds. The van der Waals surface area contributed by atoms with Crippen LogP contribution >= 0.6 is 11.6 Å². The highest BCUT2D eigenvalue weighted by Crippen LogP contribution is 2.40. The van der Waals surface area contributed by atoms with Crippen LogP contribution in [0.25, 0.3) is 0 Å². The van der Waals surface area contributed by atoms with E-state index in [-0.39, 0.29) is 41.0 Å². The molecule has 0 radical (unpaired) electrons. The SMILES string of the molecule is CC(C)(C)C(CN(C(=O)O)c1ccc(Cl)cc1N)C1CS(=O)(=O)C1. The van der Waals surface area contributed by atoms with Gasteiger partial charge in [0, 0.05) is 11.6 Å². The van der Waals surface area contributed by atoms with Crippen molar-refractivity contribution in [1.82, 2.24) is 0 Å². The summed E-state index contributed by atoms with van der Waals surface area (Å²) in [5.41, 5.74) is 6.33. The maximum Gasteiger partial charge on any atom is 0.411 e. The Labute approximate surface area is 147 Å². The lowest BCUT2D eigenvalue weighted by atomic mass is 9.73. The Morgan fingerprint density at radius 1 is 1.42 bits per heavy atom. The first kappa shape index (κ1) is 18.9. The standard InChI is InChI=1S/C16H23ClN2O4S/c1-16(2,3)12(10-8-24(22,23)9-10)7-19(15(20)21)14-5-4-11(17)6-13(14)18/h4-6,10,12H,7-9,18H2,1-3H3,(H,20,21). The Kier molecular flexibility index (Phi) is 5.06. The van der Waals surface area contributed by atoms with Gasteiger partial charge in [0.1, 0.15) is 0 Å². The molecule has 6 nitrogen and oxygen atoms in total. The maximum atomic E-state index is 11.8. The van der Waals surface area contributed by atoms with Crippen LogP contribution in [0.15, 0.2) is 18.2 Å². The summed E-state index contributed by atoms with van der Waals surface area (Å²) in [6, 6.07) is 4.67. The van der Waals surface area contributed by atoms with Crippen molar-refractivity contribution in [2.45, 2.75) is 20.8 Å². The number of nitrogen functional groups attached to an aromatic ring is 1. The fourth-order valence-corrected chi connectivity index (χ4v) is 5.07. The average Bonchev–Trinajstić information content (AvgIpc) is 2.36. The Balaban J connectivity index is 2.31. The second-order valence-corrected chi connectivity index (χ2v) is 10.00. The van der Waals surface area contributed by atoms with Crippen molar-refractivity contribution in [3.8, 4) is 0 Å². The summed E-state index contributed by atoms with van der Waals surface area (Å²) in [5, 5.41) is 10.1. The first-order valence-corrected chi connectivity index (χ1v) is 9.86. The van der Waals surface area contributed by atoms with Crippen molar-refractivity contribution in [2.75, 3.05) is 28.7 Å². The Morgan fingerprint density at radius 2 is 2.00 bits per heavy atom. The van der Waals surface area contributed by atoms with Crippen LogP contribution < -0.4 is 10.6 Å². The Bertz CT molecular complexity index is 731. The van der Waals surface area contributed by atoms with Gasteiger partial charge in [-0.05, 0) is 35.4 Å². The van der Waals surface area contributed by atoms with Crippen LogP contribution in [0.5, 0.6) is 0 Å². The van der Waals surface area contributed by atoms with Crippen molar-refractivity contribution in [1.29, 1.82) is 0 Å². The van der Waals surface area contributed by atoms with Gasteiger partial charge in [0.05, 0.1) is 22.9 Å². The number of hydrogen-bond donors (Lipinski definition) is 2. The molecule has 0 aromatic heterocycles. The topological polar surface area (TPSA) is 101 Å². The van der Waals surface area contributed by atoms with E-state index in [1.165, 1.54) is 11.0 Å². The fourth-order valence-electron chi connectivity index (χ4n) is 3.21. The van der Waals surface area contributed by atoms with Crippen molar-refractivity contribution in [3.05, 3.63) is 23.2 Å². The Hall–Kier alpha value is -1.47. The number of carboxylic acid groups (broad SMARTS) is 1. The Morgan fingerprint density at radius 3 is 2.42 bits per heavy atom. The number of nitrogens with two attached hydrogens (primary N) is 1. The van der Waals surface area contributed by atoms with Crippen LogP contribution in [0.4, 0.5) is 16.2 Å².